The first-order valence-electron chi connectivity index (χ1n) is 6.32. The van der Waals surface area contributed by atoms with Gasteiger partial charge in [0.15, 0.2) is 0 Å². The maximum Gasteiger partial charge on any atom is 0.281 e. The van der Waals surface area contributed by atoms with E-state index in [0.717, 1.165) is 0 Å². The highest BCUT2D eigenvalue weighted by molar-refractivity contribution is 7.92. The van der Waals surface area contributed by atoms with Crippen LogP contribution >= 0.6 is 0 Å². The van der Waals surface area contributed by atoms with Crippen molar-refractivity contribution in [3.63, 3.8) is 0 Å². The Morgan fingerprint density at radius 1 is 1.33 bits per heavy atom. The Bertz CT molecular complexity index is 756. The lowest BCUT2D eigenvalue weighted by Crippen LogP contribution is -2.18. The monoisotopic (exact) mass is 312 g/mol. The number of halogens is 1. The average Bonchev–Trinajstić information content (AvgIpc) is 2.76. The van der Waals surface area contributed by atoms with E-state index in [0.29, 0.717) is 23.4 Å². The second kappa shape index (κ2) is 5.82. The van der Waals surface area contributed by atoms with E-state index in [1.165, 1.54) is 12.1 Å². The third kappa shape index (κ3) is 3.22. The van der Waals surface area contributed by atoms with E-state index in [-0.39, 0.29) is 10.7 Å². The number of aryl methyl sites for hydroxylation is 2. The molecule has 3 N–H and O–H groups in total. The fourth-order valence-electron chi connectivity index (χ4n) is 1.93. The summed E-state index contributed by atoms with van der Waals surface area (Å²) in [5.74, 6) is -0.624. The Kier molecular flexibility index (Phi) is 4.29. The molecule has 0 bridgehead atoms. The standard InChI is InChI=1S/C13H17FN4O2S/c1-8-4-5-12(11(14)6-8)18-21(19,20)13-10(7-15-3)9(2)16-17-13/h4-6,15,18H,7H2,1-3H3,(H,16,17). The van der Waals surface area contributed by atoms with Crippen LogP contribution in [0.1, 0.15) is 16.8 Å². The molecule has 0 atom stereocenters. The van der Waals surface area contributed by atoms with Crippen molar-refractivity contribution in [2.75, 3.05) is 11.8 Å². The zero-order chi connectivity index (χ0) is 15.6. The minimum atomic E-state index is -3.95. The third-order valence-corrected chi connectivity index (χ3v) is 4.35. The first-order chi connectivity index (χ1) is 9.85. The van der Waals surface area contributed by atoms with Crippen LogP contribution in [0.2, 0.25) is 0 Å². The van der Waals surface area contributed by atoms with Crippen LogP contribution in [-0.4, -0.2) is 25.7 Å². The van der Waals surface area contributed by atoms with Gasteiger partial charge in [0.1, 0.15) is 5.82 Å². The average molecular weight is 312 g/mol. The second-order valence-electron chi connectivity index (χ2n) is 4.75. The van der Waals surface area contributed by atoms with E-state index in [2.05, 4.69) is 20.2 Å². The summed E-state index contributed by atoms with van der Waals surface area (Å²) in [5.41, 5.74) is 1.78. The van der Waals surface area contributed by atoms with E-state index >= 15 is 0 Å². The number of nitrogens with one attached hydrogen (secondary N) is 3. The van der Waals surface area contributed by atoms with E-state index in [4.69, 9.17) is 0 Å². The number of hydrogen-bond acceptors (Lipinski definition) is 4. The molecule has 114 valence electrons. The largest absolute Gasteiger partial charge is 0.316 e. The van der Waals surface area contributed by atoms with E-state index in [1.54, 1.807) is 27.0 Å². The number of anilines is 1. The highest BCUT2D eigenvalue weighted by atomic mass is 32.2. The summed E-state index contributed by atoms with van der Waals surface area (Å²) in [4.78, 5) is 0. The quantitative estimate of drug-likeness (QED) is 0.784. The van der Waals surface area contributed by atoms with Gasteiger partial charge in [-0.3, -0.25) is 9.82 Å². The van der Waals surface area contributed by atoms with Crippen molar-refractivity contribution >= 4 is 15.7 Å². The molecule has 0 amide bonds. The second-order valence-corrected chi connectivity index (χ2v) is 6.35. The molecule has 1 aromatic carbocycles. The van der Waals surface area contributed by atoms with Gasteiger partial charge in [-0.2, -0.15) is 13.5 Å². The number of aromatic amines is 1. The van der Waals surface area contributed by atoms with Crippen molar-refractivity contribution in [1.29, 1.82) is 0 Å². The summed E-state index contributed by atoms with van der Waals surface area (Å²) >= 11 is 0. The third-order valence-electron chi connectivity index (χ3n) is 3.01. The van der Waals surface area contributed by atoms with Gasteiger partial charge in [0.25, 0.3) is 10.0 Å². The molecule has 0 saturated heterocycles. The number of sulfonamides is 1. The summed E-state index contributed by atoms with van der Waals surface area (Å²) in [6, 6.07) is 4.28. The molecular weight excluding hydrogens is 295 g/mol. The Balaban J connectivity index is 2.39. The van der Waals surface area contributed by atoms with Crippen LogP contribution in [0.15, 0.2) is 23.2 Å². The Morgan fingerprint density at radius 2 is 2.05 bits per heavy atom. The molecule has 1 aromatic heterocycles. The Morgan fingerprint density at radius 3 is 2.67 bits per heavy atom. The van der Waals surface area contributed by atoms with E-state index in [9.17, 15) is 12.8 Å². The maximum atomic E-state index is 13.8. The molecule has 0 spiro atoms. The van der Waals surface area contributed by atoms with Crippen molar-refractivity contribution in [2.45, 2.75) is 25.4 Å². The predicted molar refractivity (Wildman–Crippen MR) is 78.0 cm³/mol. The zero-order valence-corrected chi connectivity index (χ0v) is 12.8. The topological polar surface area (TPSA) is 86.9 Å². The minimum Gasteiger partial charge on any atom is -0.316 e. The number of hydrogen-bond donors (Lipinski definition) is 3. The summed E-state index contributed by atoms with van der Waals surface area (Å²) in [7, 11) is -2.25. The molecule has 6 nitrogen and oxygen atoms in total. The van der Waals surface area contributed by atoms with Gasteiger partial charge in [0, 0.05) is 17.8 Å². The van der Waals surface area contributed by atoms with Crippen LogP contribution in [0.4, 0.5) is 10.1 Å². The molecule has 2 aromatic rings. The van der Waals surface area contributed by atoms with Crippen LogP contribution in [0, 0.1) is 19.7 Å². The number of nitrogens with zero attached hydrogens (tertiary/aromatic N) is 1. The molecule has 21 heavy (non-hydrogen) atoms. The molecule has 0 radical (unpaired) electrons. The molecular formula is C13H17FN4O2S. The molecule has 8 heteroatoms. The van der Waals surface area contributed by atoms with Gasteiger partial charge in [-0.25, -0.2) is 4.39 Å². The molecule has 2 rings (SSSR count). The van der Waals surface area contributed by atoms with Gasteiger partial charge < -0.3 is 5.32 Å². The van der Waals surface area contributed by atoms with Crippen molar-refractivity contribution in [1.82, 2.24) is 15.5 Å². The van der Waals surface area contributed by atoms with Crippen LogP contribution in [0.3, 0.4) is 0 Å². The first kappa shape index (κ1) is 15.5. The lowest BCUT2D eigenvalue weighted by Gasteiger charge is -2.09. The zero-order valence-electron chi connectivity index (χ0n) is 12.0. The molecule has 0 fully saturated rings. The van der Waals surface area contributed by atoms with Crippen LogP contribution in [0.5, 0.6) is 0 Å². The van der Waals surface area contributed by atoms with Gasteiger partial charge in [-0.15, -0.1) is 0 Å². The number of aromatic nitrogens is 2. The predicted octanol–water partition coefficient (Wildman–Crippen LogP) is 1.69. The smallest absolute Gasteiger partial charge is 0.281 e. The van der Waals surface area contributed by atoms with E-state index < -0.39 is 15.8 Å². The summed E-state index contributed by atoms with van der Waals surface area (Å²) in [6.45, 7) is 3.80. The van der Waals surface area contributed by atoms with E-state index in [1.807, 2.05) is 0 Å². The van der Waals surface area contributed by atoms with Gasteiger partial charge in [0.2, 0.25) is 5.03 Å². The number of rotatable bonds is 5. The molecule has 0 aliphatic rings. The van der Waals surface area contributed by atoms with Gasteiger partial charge in [-0.05, 0) is 38.6 Å². The fourth-order valence-corrected chi connectivity index (χ4v) is 3.20. The van der Waals surface area contributed by atoms with Crippen LogP contribution < -0.4 is 10.0 Å². The van der Waals surface area contributed by atoms with Crippen molar-refractivity contribution in [2.24, 2.45) is 0 Å². The lowest BCUT2D eigenvalue weighted by molar-refractivity contribution is 0.592. The molecule has 0 unspecified atom stereocenters. The minimum absolute atomic E-state index is 0.100. The maximum absolute atomic E-state index is 13.8. The van der Waals surface area contributed by atoms with Crippen LogP contribution in [0.25, 0.3) is 0 Å². The van der Waals surface area contributed by atoms with Crippen LogP contribution in [-0.2, 0) is 16.6 Å². The molecule has 1 heterocycles. The number of H-pyrrole nitrogens is 1. The summed E-state index contributed by atoms with van der Waals surface area (Å²) in [6.07, 6.45) is 0. The Hall–Kier alpha value is -1.93. The molecule has 0 aliphatic carbocycles. The summed E-state index contributed by atoms with van der Waals surface area (Å²) < 4.78 is 40.7. The van der Waals surface area contributed by atoms with Crippen molar-refractivity contribution in [3.05, 3.63) is 40.8 Å². The summed E-state index contributed by atoms with van der Waals surface area (Å²) in [5, 5.41) is 9.20. The molecule has 0 saturated carbocycles. The normalized spacial score (nSPS) is 11.6. The SMILES string of the molecule is CNCc1c(S(=O)(=O)Nc2ccc(C)cc2F)n[nH]c1C. The highest BCUT2D eigenvalue weighted by Gasteiger charge is 2.24. The van der Waals surface area contributed by atoms with Gasteiger partial charge >= 0.3 is 0 Å². The van der Waals surface area contributed by atoms with Gasteiger partial charge in [-0.1, -0.05) is 6.07 Å². The van der Waals surface area contributed by atoms with Crippen molar-refractivity contribution in [3.8, 4) is 0 Å². The highest BCUT2D eigenvalue weighted by Crippen LogP contribution is 2.22. The Labute approximate surface area is 122 Å². The number of benzene rings is 1. The molecule has 0 aliphatic heterocycles. The fraction of sp³-hybridized carbons (Fsp3) is 0.308. The first-order valence-corrected chi connectivity index (χ1v) is 7.81. The van der Waals surface area contributed by atoms with Crippen molar-refractivity contribution < 1.29 is 12.8 Å². The lowest BCUT2D eigenvalue weighted by atomic mass is 10.2. The van der Waals surface area contributed by atoms with Gasteiger partial charge in [0.05, 0.1) is 5.69 Å².